The van der Waals surface area contributed by atoms with Crippen LogP contribution in [0.3, 0.4) is 0 Å². The number of carbonyl (C=O) groups is 2. The Hall–Kier alpha value is -0.720. The summed E-state index contributed by atoms with van der Waals surface area (Å²) in [6.07, 6.45) is 9.38. The fraction of sp³-hybridized carbons (Fsp3) is 0.789. The number of aliphatic hydroxyl groups excluding tert-OH is 2. The van der Waals surface area contributed by atoms with Gasteiger partial charge in [0, 0.05) is 30.0 Å². The molecule has 0 heterocycles. The number of hydrogen-bond donors (Lipinski definition) is 3. The van der Waals surface area contributed by atoms with Gasteiger partial charge in [-0.25, -0.2) is 0 Å². The van der Waals surface area contributed by atoms with Crippen LogP contribution >= 0.6 is 15.9 Å². The van der Waals surface area contributed by atoms with E-state index in [1.165, 1.54) is 0 Å². The summed E-state index contributed by atoms with van der Waals surface area (Å²) in [6, 6.07) is 0. The number of carboxylic acids is 1. The maximum atomic E-state index is 12.1. The van der Waals surface area contributed by atoms with Crippen molar-refractivity contribution in [1.29, 1.82) is 0 Å². The fourth-order valence-corrected chi connectivity index (χ4v) is 3.78. The number of carboxylic acid groups (broad SMARTS) is 1. The van der Waals surface area contributed by atoms with Gasteiger partial charge in [-0.15, -0.1) is 0 Å². The topological polar surface area (TPSA) is 94.8 Å². The summed E-state index contributed by atoms with van der Waals surface area (Å²) in [5.74, 6) is -1.06. The molecule has 2 unspecified atom stereocenters. The standard InChI is InChI=1S/C19H31BrO5/c20-12-6-5-7-14(21)10-11-16-15(17(22)13-18(16)23)8-3-1-2-4-9-19(24)25/h10-11,14-16,18,21,23H,1-9,12-13H2,(H,24,25)/t14?,15?,16-,18-/m1/s1. The molecule has 3 N–H and O–H groups in total. The highest BCUT2D eigenvalue weighted by Crippen LogP contribution is 2.34. The second kappa shape index (κ2) is 12.6. The molecule has 0 aliphatic heterocycles. The molecule has 1 saturated carbocycles. The third-order valence-electron chi connectivity index (χ3n) is 4.83. The first-order chi connectivity index (χ1) is 12.0. The molecule has 0 saturated heterocycles. The maximum Gasteiger partial charge on any atom is 0.303 e. The first-order valence-electron chi connectivity index (χ1n) is 9.30. The summed E-state index contributed by atoms with van der Waals surface area (Å²) < 4.78 is 0. The molecule has 0 radical (unpaired) electrons. The first-order valence-corrected chi connectivity index (χ1v) is 10.4. The lowest BCUT2D eigenvalue weighted by Crippen LogP contribution is -2.19. The van der Waals surface area contributed by atoms with E-state index in [0.717, 1.165) is 43.9 Å². The average Bonchev–Trinajstić information content (AvgIpc) is 2.82. The summed E-state index contributed by atoms with van der Waals surface area (Å²) in [6.45, 7) is 0. The van der Waals surface area contributed by atoms with Crippen molar-refractivity contribution >= 4 is 27.7 Å². The number of rotatable bonds is 13. The summed E-state index contributed by atoms with van der Waals surface area (Å²) in [5.41, 5.74) is 0. The summed E-state index contributed by atoms with van der Waals surface area (Å²) >= 11 is 3.36. The quantitative estimate of drug-likeness (QED) is 0.242. The minimum atomic E-state index is -0.769. The van der Waals surface area contributed by atoms with Gasteiger partial charge in [0.25, 0.3) is 0 Å². The molecule has 144 valence electrons. The zero-order chi connectivity index (χ0) is 18.7. The summed E-state index contributed by atoms with van der Waals surface area (Å²) in [4.78, 5) is 22.6. The normalized spacial score (nSPS) is 24.9. The van der Waals surface area contributed by atoms with E-state index in [1.54, 1.807) is 6.08 Å². The Balaban J connectivity index is 2.39. The molecule has 1 rings (SSSR count). The SMILES string of the molecule is O=C(O)CCCCCCC1C(=O)C[C@@H](O)[C@@H]1C=CC(O)CCCCBr. The van der Waals surface area contributed by atoms with Gasteiger partial charge in [-0.05, 0) is 32.1 Å². The number of unbranched alkanes of at least 4 members (excludes halogenated alkanes) is 4. The Morgan fingerprint density at radius 2 is 1.92 bits per heavy atom. The van der Waals surface area contributed by atoms with Crippen LogP contribution in [0.4, 0.5) is 0 Å². The first kappa shape index (κ1) is 22.3. The molecular weight excluding hydrogens is 388 g/mol. The second-order valence-corrected chi connectivity index (χ2v) is 7.70. The number of aliphatic hydroxyl groups is 2. The predicted molar refractivity (Wildman–Crippen MR) is 101 cm³/mol. The largest absolute Gasteiger partial charge is 0.481 e. The molecular formula is C19H31BrO5. The lowest BCUT2D eigenvalue weighted by Gasteiger charge is -2.18. The Morgan fingerprint density at radius 3 is 2.60 bits per heavy atom. The van der Waals surface area contributed by atoms with Crippen LogP contribution in [-0.2, 0) is 9.59 Å². The van der Waals surface area contributed by atoms with Gasteiger partial charge in [0.15, 0.2) is 0 Å². The zero-order valence-electron chi connectivity index (χ0n) is 14.8. The molecule has 6 heteroatoms. The van der Waals surface area contributed by atoms with Gasteiger partial charge >= 0.3 is 5.97 Å². The van der Waals surface area contributed by atoms with Gasteiger partial charge in [0.1, 0.15) is 5.78 Å². The molecule has 0 amide bonds. The highest BCUT2D eigenvalue weighted by Gasteiger charge is 2.39. The van der Waals surface area contributed by atoms with Crippen molar-refractivity contribution in [1.82, 2.24) is 0 Å². The van der Waals surface area contributed by atoms with Crippen molar-refractivity contribution in [3.63, 3.8) is 0 Å². The molecule has 4 atom stereocenters. The lowest BCUT2D eigenvalue weighted by atomic mass is 9.88. The van der Waals surface area contributed by atoms with E-state index in [2.05, 4.69) is 15.9 Å². The smallest absolute Gasteiger partial charge is 0.303 e. The van der Waals surface area contributed by atoms with Gasteiger partial charge < -0.3 is 15.3 Å². The van der Waals surface area contributed by atoms with Crippen molar-refractivity contribution in [2.24, 2.45) is 11.8 Å². The minimum absolute atomic E-state index is 0.0986. The van der Waals surface area contributed by atoms with E-state index in [0.29, 0.717) is 12.8 Å². The van der Waals surface area contributed by atoms with E-state index in [1.807, 2.05) is 6.08 Å². The van der Waals surface area contributed by atoms with Crippen molar-refractivity contribution in [2.45, 2.75) is 76.4 Å². The number of halogens is 1. The highest BCUT2D eigenvalue weighted by atomic mass is 79.9. The Labute approximate surface area is 158 Å². The van der Waals surface area contributed by atoms with Crippen LogP contribution in [0.1, 0.15) is 64.2 Å². The van der Waals surface area contributed by atoms with E-state index in [-0.39, 0.29) is 30.5 Å². The Bertz CT molecular complexity index is 438. The average molecular weight is 419 g/mol. The maximum absolute atomic E-state index is 12.1. The number of Topliss-reactive ketones (excluding diaryl/α,β-unsaturated/α-hetero) is 1. The number of hydrogen-bond acceptors (Lipinski definition) is 4. The van der Waals surface area contributed by atoms with Crippen LogP contribution in [0.15, 0.2) is 12.2 Å². The second-order valence-electron chi connectivity index (χ2n) is 6.91. The molecule has 1 fully saturated rings. The van der Waals surface area contributed by atoms with Crippen LogP contribution in [-0.4, -0.2) is 44.6 Å². The van der Waals surface area contributed by atoms with Crippen molar-refractivity contribution in [3.05, 3.63) is 12.2 Å². The van der Waals surface area contributed by atoms with Gasteiger partial charge in [0.2, 0.25) is 0 Å². The molecule has 0 spiro atoms. The predicted octanol–water partition coefficient (Wildman–Crippen LogP) is 3.46. The van der Waals surface area contributed by atoms with Gasteiger partial charge in [0.05, 0.1) is 12.2 Å². The highest BCUT2D eigenvalue weighted by molar-refractivity contribution is 9.09. The van der Waals surface area contributed by atoms with Crippen molar-refractivity contribution in [2.75, 3.05) is 5.33 Å². The van der Waals surface area contributed by atoms with Gasteiger partial charge in [-0.2, -0.15) is 0 Å². The van der Waals surface area contributed by atoms with Crippen molar-refractivity contribution < 1.29 is 24.9 Å². The van der Waals surface area contributed by atoms with Crippen LogP contribution < -0.4 is 0 Å². The van der Waals surface area contributed by atoms with Crippen LogP contribution in [0.5, 0.6) is 0 Å². The number of ketones is 1. The number of alkyl halides is 1. The van der Waals surface area contributed by atoms with E-state index < -0.39 is 18.2 Å². The van der Waals surface area contributed by atoms with E-state index >= 15 is 0 Å². The van der Waals surface area contributed by atoms with Gasteiger partial charge in [-0.3, -0.25) is 9.59 Å². The van der Waals surface area contributed by atoms with Crippen LogP contribution in [0, 0.1) is 11.8 Å². The number of carbonyl (C=O) groups excluding carboxylic acids is 1. The number of aliphatic carboxylic acids is 1. The molecule has 0 bridgehead atoms. The minimum Gasteiger partial charge on any atom is -0.481 e. The zero-order valence-corrected chi connectivity index (χ0v) is 16.4. The lowest BCUT2D eigenvalue weighted by molar-refractivity contribution is -0.137. The Morgan fingerprint density at radius 1 is 1.20 bits per heavy atom. The molecule has 1 aliphatic carbocycles. The van der Waals surface area contributed by atoms with E-state index in [4.69, 9.17) is 5.11 Å². The van der Waals surface area contributed by atoms with Crippen LogP contribution in [0.2, 0.25) is 0 Å². The monoisotopic (exact) mass is 418 g/mol. The molecule has 0 aromatic heterocycles. The molecule has 1 aliphatic rings. The molecule has 25 heavy (non-hydrogen) atoms. The van der Waals surface area contributed by atoms with Crippen LogP contribution in [0.25, 0.3) is 0 Å². The summed E-state index contributed by atoms with van der Waals surface area (Å²) in [7, 11) is 0. The third kappa shape index (κ3) is 8.97. The van der Waals surface area contributed by atoms with Gasteiger partial charge in [-0.1, -0.05) is 47.3 Å². The van der Waals surface area contributed by atoms with E-state index in [9.17, 15) is 19.8 Å². The molecule has 0 aromatic rings. The fourth-order valence-electron chi connectivity index (χ4n) is 3.39. The summed E-state index contributed by atoms with van der Waals surface area (Å²) in [5, 5.41) is 29.6. The molecule has 5 nitrogen and oxygen atoms in total. The molecule has 0 aromatic carbocycles. The Kier molecular flexibility index (Phi) is 11.3. The third-order valence-corrected chi connectivity index (χ3v) is 5.39. The van der Waals surface area contributed by atoms with Crippen molar-refractivity contribution in [3.8, 4) is 0 Å².